The van der Waals surface area contributed by atoms with Crippen molar-refractivity contribution in [3.05, 3.63) is 22.2 Å². The number of hydrogen-bond donors (Lipinski definition) is 3. The maximum absolute atomic E-state index is 10.7. The van der Waals surface area contributed by atoms with Crippen LogP contribution in [0.1, 0.15) is 0 Å². The number of nitrogens with zero attached hydrogens (tertiary/aromatic N) is 2. The van der Waals surface area contributed by atoms with Crippen molar-refractivity contribution >= 4 is 17.3 Å². The fourth-order valence-corrected chi connectivity index (χ4v) is 1.26. The van der Waals surface area contributed by atoms with E-state index in [1.165, 1.54) is 12.1 Å². The highest BCUT2D eigenvalue weighted by atomic mass is 16.6. The highest BCUT2D eigenvalue weighted by Crippen LogP contribution is 2.19. The Morgan fingerprint density at radius 1 is 1.44 bits per heavy atom. The zero-order chi connectivity index (χ0) is 13.4. The third-order valence-electron chi connectivity index (χ3n) is 2.07. The summed E-state index contributed by atoms with van der Waals surface area (Å²) in [7, 11) is 1.64. The van der Waals surface area contributed by atoms with Crippen LogP contribution in [-0.4, -0.2) is 48.4 Å². The third kappa shape index (κ3) is 4.52. The molecule has 0 unspecified atom stereocenters. The maximum Gasteiger partial charge on any atom is 0.276 e. The minimum absolute atomic E-state index is 0.0288. The lowest BCUT2D eigenvalue weighted by Gasteiger charge is -2.07. The van der Waals surface area contributed by atoms with Crippen LogP contribution in [0.2, 0.25) is 0 Å². The Morgan fingerprint density at radius 3 is 2.78 bits per heavy atom. The largest absolute Gasteiger partial charge is 0.394 e. The summed E-state index contributed by atoms with van der Waals surface area (Å²) in [6.07, 6.45) is 0. The predicted octanol–water partition coefficient (Wildman–Crippen LogP) is 0.452. The first kappa shape index (κ1) is 14.1. The Hall–Kier alpha value is -1.93. The molecule has 0 aliphatic rings. The molecule has 1 aromatic rings. The van der Waals surface area contributed by atoms with E-state index >= 15 is 0 Å². The molecule has 0 aromatic carbocycles. The van der Waals surface area contributed by atoms with E-state index in [1.54, 1.807) is 7.05 Å². The highest BCUT2D eigenvalue weighted by molar-refractivity contribution is 5.54. The van der Waals surface area contributed by atoms with E-state index in [4.69, 9.17) is 9.84 Å². The number of aliphatic hydroxyl groups excluding tert-OH is 1. The summed E-state index contributed by atoms with van der Waals surface area (Å²) in [6, 6.07) is 2.71. The normalized spacial score (nSPS) is 10.1. The summed E-state index contributed by atoms with van der Waals surface area (Å²) in [4.78, 5) is 14.4. The first-order valence-electron chi connectivity index (χ1n) is 5.44. The Labute approximate surface area is 104 Å². The smallest absolute Gasteiger partial charge is 0.276 e. The predicted molar refractivity (Wildman–Crippen MR) is 66.8 cm³/mol. The van der Waals surface area contributed by atoms with Gasteiger partial charge in [-0.05, 0) is 0 Å². The van der Waals surface area contributed by atoms with Gasteiger partial charge < -0.3 is 20.5 Å². The lowest BCUT2D eigenvalue weighted by Crippen LogP contribution is -2.12. The molecule has 0 spiro atoms. The van der Waals surface area contributed by atoms with Gasteiger partial charge in [0.15, 0.2) is 0 Å². The molecule has 1 heterocycles. The SMILES string of the molecule is CNc1cc([N+](=O)[O-])cc(NCCOCCO)n1. The number of nitrogens with one attached hydrogen (secondary N) is 2. The van der Waals surface area contributed by atoms with Crippen LogP contribution in [0.3, 0.4) is 0 Å². The molecule has 0 radical (unpaired) electrons. The zero-order valence-electron chi connectivity index (χ0n) is 10.0. The van der Waals surface area contributed by atoms with Gasteiger partial charge in [0, 0.05) is 13.6 Å². The Balaban J connectivity index is 2.58. The first-order valence-corrected chi connectivity index (χ1v) is 5.44. The van der Waals surface area contributed by atoms with Gasteiger partial charge in [-0.2, -0.15) is 0 Å². The Kier molecular flexibility index (Phi) is 5.81. The summed E-state index contributed by atoms with van der Waals surface area (Å²) in [5.74, 6) is 0.823. The van der Waals surface area contributed by atoms with Crippen LogP contribution in [0, 0.1) is 10.1 Å². The number of aliphatic hydroxyl groups is 1. The molecule has 1 aromatic heterocycles. The first-order chi connectivity index (χ1) is 8.67. The topological polar surface area (TPSA) is 110 Å². The average molecular weight is 256 g/mol. The molecule has 0 fully saturated rings. The lowest BCUT2D eigenvalue weighted by molar-refractivity contribution is -0.384. The number of anilines is 2. The number of rotatable bonds is 8. The molecule has 0 atom stereocenters. The molecule has 0 amide bonds. The summed E-state index contributed by atoms with van der Waals surface area (Å²) < 4.78 is 5.05. The summed E-state index contributed by atoms with van der Waals surface area (Å²) in [6.45, 7) is 1.09. The molecule has 0 saturated carbocycles. The molecular formula is C10H16N4O4. The van der Waals surface area contributed by atoms with Gasteiger partial charge in [-0.1, -0.05) is 0 Å². The van der Waals surface area contributed by atoms with Crippen molar-refractivity contribution in [3.8, 4) is 0 Å². The second kappa shape index (κ2) is 7.41. The van der Waals surface area contributed by atoms with Crippen molar-refractivity contribution in [2.45, 2.75) is 0 Å². The molecule has 8 nitrogen and oxygen atoms in total. The molecular weight excluding hydrogens is 240 g/mol. The number of aromatic nitrogens is 1. The quantitative estimate of drug-likeness (QED) is 0.352. The van der Waals surface area contributed by atoms with Crippen molar-refractivity contribution in [3.63, 3.8) is 0 Å². The second-order valence-electron chi connectivity index (χ2n) is 3.37. The minimum atomic E-state index is -0.476. The van der Waals surface area contributed by atoms with Crippen molar-refractivity contribution < 1.29 is 14.8 Å². The molecule has 0 aliphatic heterocycles. The monoisotopic (exact) mass is 256 g/mol. The van der Waals surface area contributed by atoms with Crippen LogP contribution < -0.4 is 10.6 Å². The highest BCUT2D eigenvalue weighted by Gasteiger charge is 2.10. The average Bonchev–Trinajstić information content (AvgIpc) is 2.38. The van der Waals surface area contributed by atoms with Gasteiger partial charge in [0.05, 0.1) is 36.9 Å². The van der Waals surface area contributed by atoms with Gasteiger partial charge in [-0.15, -0.1) is 0 Å². The van der Waals surface area contributed by atoms with E-state index in [0.29, 0.717) is 24.8 Å². The Bertz CT molecular complexity index is 399. The van der Waals surface area contributed by atoms with Crippen LogP contribution in [0.15, 0.2) is 12.1 Å². The molecule has 8 heteroatoms. The van der Waals surface area contributed by atoms with Crippen LogP contribution >= 0.6 is 0 Å². The minimum Gasteiger partial charge on any atom is -0.394 e. The third-order valence-corrected chi connectivity index (χ3v) is 2.07. The maximum atomic E-state index is 10.7. The zero-order valence-corrected chi connectivity index (χ0v) is 10.0. The summed E-state index contributed by atoms with van der Waals surface area (Å²) in [5.41, 5.74) is -0.0341. The van der Waals surface area contributed by atoms with Gasteiger partial charge in [0.25, 0.3) is 5.69 Å². The lowest BCUT2D eigenvalue weighted by atomic mass is 10.3. The van der Waals surface area contributed by atoms with E-state index in [9.17, 15) is 10.1 Å². The number of ether oxygens (including phenoxy) is 1. The van der Waals surface area contributed by atoms with Gasteiger partial charge >= 0.3 is 0 Å². The van der Waals surface area contributed by atoms with E-state index in [1.807, 2.05) is 0 Å². The van der Waals surface area contributed by atoms with Crippen LogP contribution in [0.5, 0.6) is 0 Å². The Morgan fingerprint density at radius 2 is 2.17 bits per heavy atom. The van der Waals surface area contributed by atoms with Crippen molar-refractivity contribution in [2.24, 2.45) is 0 Å². The van der Waals surface area contributed by atoms with Crippen LogP contribution in [0.25, 0.3) is 0 Å². The van der Waals surface area contributed by atoms with Gasteiger partial charge in [0.2, 0.25) is 0 Å². The van der Waals surface area contributed by atoms with Gasteiger partial charge in [0.1, 0.15) is 11.6 Å². The van der Waals surface area contributed by atoms with E-state index in [0.717, 1.165) is 0 Å². The standard InChI is InChI=1S/C10H16N4O4/c1-11-9-6-8(14(16)17)7-10(13-9)12-2-4-18-5-3-15/h6-7,15H,2-5H2,1H3,(H2,11,12,13). The van der Waals surface area contributed by atoms with Gasteiger partial charge in [-0.3, -0.25) is 10.1 Å². The van der Waals surface area contributed by atoms with E-state index < -0.39 is 4.92 Å². The van der Waals surface area contributed by atoms with Crippen LogP contribution in [-0.2, 0) is 4.74 Å². The molecule has 0 saturated heterocycles. The second-order valence-corrected chi connectivity index (χ2v) is 3.37. The number of nitro groups is 1. The molecule has 3 N–H and O–H groups in total. The molecule has 0 bridgehead atoms. The summed E-state index contributed by atoms with van der Waals surface area (Å²) >= 11 is 0. The van der Waals surface area contributed by atoms with Crippen molar-refractivity contribution in [1.29, 1.82) is 0 Å². The number of pyridine rings is 1. The van der Waals surface area contributed by atoms with Crippen LogP contribution in [0.4, 0.5) is 17.3 Å². The van der Waals surface area contributed by atoms with Crippen molar-refractivity contribution in [2.75, 3.05) is 44.0 Å². The fraction of sp³-hybridized carbons (Fsp3) is 0.500. The summed E-state index contributed by atoms with van der Waals surface area (Å²) in [5, 5.41) is 24.9. The number of hydrogen-bond acceptors (Lipinski definition) is 7. The van der Waals surface area contributed by atoms with E-state index in [2.05, 4.69) is 15.6 Å². The molecule has 18 heavy (non-hydrogen) atoms. The fourth-order valence-electron chi connectivity index (χ4n) is 1.26. The molecule has 0 aliphatic carbocycles. The van der Waals surface area contributed by atoms with Crippen molar-refractivity contribution in [1.82, 2.24) is 4.98 Å². The van der Waals surface area contributed by atoms with Gasteiger partial charge in [-0.25, -0.2) is 4.98 Å². The molecule has 100 valence electrons. The molecule has 1 rings (SSSR count). The van der Waals surface area contributed by atoms with E-state index in [-0.39, 0.29) is 18.9 Å².